The van der Waals surface area contributed by atoms with Crippen molar-refractivity contribution in [2.45, 2.75) is 32.9 Å². The minimum Gasteiger partial charge on any atom is -0.475 e. The number of fused-ring (bicyclic) bond motifs is 2. The van der Waals surface area contributed by atoms with Crippen LogP contribution in [0, 0.1) is 6.92 Å². The minimum absolute atomic E-state index is 0.247. The summed E-state index contributed by atoms with van der Waals surface area (Å²) in [5.74, 6) is -1.66. The van der Waals surface area contributed by atoms with E-state index in [0.717, 1.165) is 44.6 Å². The lowest BCUT2D eigenvalue weighted by molar-refractivity contribution is -0.192. The predicted molar refractivity (Wildman–Crippen MR) is 131 cm³/mol. The molecule has 0 amide bonds. The number of alkyl halides is 3. The van der Waals surface area contributed by atoms with Crippen molar-refractivity contribution in [2.75, 3.05) is 11.1 Å². The molecule has 5 aromatic rings. The average Bonchev–Trinajstić information content (AvgIpc) is 3.50. The molecule has 0 aliphatic rings. The van der Waals surface area contributed by atoms with Crippen LogP contribution >= 0.6 is 0 Å². The van der Waals surface area contributed by atoms with Gasteiger partial charge in [0.25, 0.3) is 0 Å². The van der Waals surface area contributed by atoms with Crippen LogP contribution in [-0.4, -0.2) is 51.8 Å². The van der Waals surface area contributed by atoms with Crippen LogP contribution in [0.4, 0.5) is 30.6 Å². The van der Waals surface area contributed by atoms with Crippen molar-refractivity contribution in [1.82, 2.24) is 34.6 Å². The van der Waals surface area contributed by atoms with E-state index in [1.165, 1.54) is 0 Å². The molecule has 14 heteroatoms. The number of H-pyrrole nitrogens is 1. The molecule has 194 valence electrons. The standard InChI is InChI=1S/C21H23N9.C2HF3O2/c1-11(2)18-8-14(13-6-5-7-16-15(13)9-23-26-16)19-20(22)25-21(28-30(18)19)24-17-10-29(4)27-12(17)3;3-2(4,5)1(6)7/h5-11H,1-4H3,(H,23,26)(H3,22,24,25,28);(H,6,7). The highest BCUT2D eigenvalue weighted by Crippen LogP contribution is 2.37. The first-order chi connectivity index (χ1) is 17.4. The molecule has 0 radical (unpaired) electrons. The molecule has 0 saturated carbocycles. The third kappa shape index (κ3) is 5.03. The van der Waals surface area contributed by atoms with E-state index >= 15 is 0 Å². The zero-order valence-corrected chi connectivity index (χ0v) is 20.3. The van der Waals surface area contributed by atoms with Gasteiger partial charge in [0, 0.05) is 29.9 Å². The van der Waals surface area contributed by atoms with E-state index in [4.69, 9.17) is 20.7 Å². The van der Waals surface area contributed by atoms with Crippen molar-refractivity contribution >= 4 is 39.8 Å². The topological polar surface area (TPSA) is 152 Å². The summed E-state index contributed by atoms with van der Waals surface area (Å²) in [6, 6.07) is 8.23. The van der Waals surface area contributed by atoms with E-state index in [9.17, 15) is 13.2 Å². The Hall–Kier alpha value is -4.62. The summed E-state index contributed by atoms with van der Waals surface area (Å²) in [4.78, 5) is 13.4. The Morgan fingerprint density at radius 1 is 1.22 bits per heavy atom. The summed E-state index contributed by atoms with van der Waals surface area (Å²) >= 11 is 0. The lowest BCUT2D eigenvalue weighted by Gasteiger charge is -2.10. The molecule has 0 saturated heterocycles. The lowest BCUT2D eigenvalue weighted by atomic mass is 10.0. The van der Waals surface area contributed by atoms with E-state index in [-0.39, 0.29) is 5.92 Å². The number of rotatable bonds is 4. The molecule has 0 aliphatic heterocycles. The van der Waals surface area contributed by atoms with Crippen molar-refractivity contribution in [3.63, 3.8) is 0 Å². The van der Waals surface area contributed by atoms with Crippen LogP contribution in [0.15, 0.2) is 36.7 Å². The summed E-state index contributed by atoms with van der Waals surface area (Å²) in [6.45, 7) is 6.21. The molecular formula is C23H24F3N9O2. The predicted octanol–water partition coefficient (Wildman–Crippen LogP) is 4.40. The fourth-order valence-electron chi connectivity index (χ4n) is 3.87. The molecule has 11 nitrogen and oxygen atoms in total. The van der Waals surface area contributed by atoms with Crippen molar-refractivity contribution < 1.29 is 23.1 Å². The van der Waals surface area contributed by atoms with E-state index in [0.29, 0.717) is 11.8 Å². The van der Waals surface area contributed by atoms with Gasteiger partial charge in [0.05, 0.1) is 23.1 Å². The summed E-state index contributed by atoms with van der Waals surface area (Å²) < 4.78 is 35.4. The molecule has 0 spiro atoms. The molecule has 37 heavy (non-hydrogen) atoms. The highest BCUT2D eigenvalue weighted by Gasteiger charge is 2.38. The van der Waals surface area contributed by atoms with E-state index in [2.05, 4.69) is 51.6 Å². The number of benzene rings is 1. The third-order valence-corrected chi connectivity index (χ3v) is 5.54. The molecule has 0 unspecified atom stereocenters. The van der Waals surface area contributed by atoms with Gasteiger partial charge < -0.3 is 16.2 Å². The first-order valence-electron chi connectivity index (χ1n) is 11.1. The first-order valence-corrected chi connectivity index (χ1v) is 11.1. The van der Waals surface area contributed by atoms with Crippen molar-refractivity contribution in [2.24, 2.45) is 7.05 Å². The van der Waals surface area contributed by atoms with Gasteiger partial charge in [-0.15, -0.1) is 5.10 Å². The zero-order chi connectivity index (χ0) is 27.1. The van der Waals surface area contributed by atoms with Gasteiger partial charge in [-0.2, -0.15) is 28.4 Å². The van der Waals surface area contributed by atoms with E-state index in [1.807, 2.05) is 43.0 Å². The molecule has 0 aliphatic carbocycles. The highest BCUT2D eigenvalue weighted by molar-refractivity contribution is 6.01. The number of nitrogens with one attached hydrogen (secondary N) is 2. The van der Waals surface area contributed by atoms with E-state index in [1.54, 1.807) is 4.68 Å². The van der Waals surface area contributed by atoms with Gasteiger partial charge in [-0.05, 0) is 30.5 Å². The molecule has 5 N–H and O–H groups in total. The van der Waals surface area contributed by atoms with Crippen LogP contribution in [0.25, 0.3) is 27.5 Å². The van der Waals surface area contributed by atoms with Crippen LogP contribution in [0.3, 0.4) is 0 Å². The number of nitrogens with two attached hydrogens (primary N) is 1. The van der Waals surface area contributed by atoms with Gasteiger partial charge in [0.1, 0.15) is 5.52 Å². The maximum atomic E-state index is 10.6. The van der Waals surface area contributed by atoms with Gasteiger partial charge in [-0.1, -0.05) is 26.0 Å². The zero-order valence-electron chi connectivity index (χ0n) is 20.3. The Kier molecular flexibility index (Phi) is 6.50. The van der Waals surface area contributed by atoms with Crippen LogP contribution in [-0.2, 0) is 11.8 Å². The second-order valence-electron chi connectivity index (χ2n) is 8.59. The number of aromatic amines is 1. The Morgan fingerprint density at radius 2 is 1.92 bits per heavy atom. The number of anilines is 3. The number of aromatic nitrogens is 7. The average molecular weight is 516 g/mol. The number of nitrogen functional groups attached to an aromatic ring is 1. The molecule has 1 aromatic carbocycles. The van der Waals surface area contributed by atoms with Crippen molar-refractivity contribution in [3.05, 3.63) is 48.0 Å². The van der Waals surface area contributed by atoms with Gasteiger partial charge in [-0.25, -0.2) is 9.31 Å². The fraction of sp³-hybridized carbons (Fsp3) is 0.261. The SMILES string of the molecule is Cc1nn(C)cc1Nc1nc(N)c2c(-c3cccc4[nH]ncc34)cc(C(C)C)n2n1.O=C(O)C(F)(F)F. The number of hydrogen-bond donors (Lipinski definition) is 4. The van der Waals surface area contributed by atoms with Crippen molar-refractivity contribution in [3.8, 4) is 11.1 Å². The number of aliphatic carboxylic acids is 1. The van der Waals surface area contributed by atoms with Crippen LogP contribution in [0.2, 0.25) is 0 Å². The third-order valence-electron chi connectivity index (χ3n) is 5.54. The monoisotopic (exact) mass is 515 g/mol. The van der Waals surface area contributed by atoms with Gasteiger partial charge in [0.15, 0.2) is 5.82 Å². The Bertz CT molecular complexity index is 1600. The molecule has 0 bridgehead atoms. The quantitative estimate of drug-likeness (QED) is 0.275. The summed E-state index contributed by atoms with van der Waals surface area (Å²) in [7, 11) is 1.88. The van der Waals surface area contributed by atoms with Gasteiger partial charge in [0.2, 0.25) is 5.95 Å². The van der Waals surface area contributed by atoms with Gasteiger partial charge >= 0.3 is 12.1 Å². The number of hydrogen-bond acceptors (Lipinski definition) is 7. The second kappa shape index (κ2) is 9.44. The molecule has 5 rings (SSSR count). The maximum absolute atomic E-state index is 10.6. The highest BCUT2D eigenvalue weighted by atomic mass is 19.4. The molecule has 4 heterocycles. The number of aryl methyl sites for hydroxylation is 2. The number of carboxylic acid groups (broad SMARTS) is 1. The first kappa shape index (κ1) is 25.5. The van der Waals surface area contributed by atoms with Gasteiger partial charge in [-0.3, -0.25) is 9.78 Å². The van der Waals surface area contributed by atoms with E-state index < -0.39 is 12.1 Å². The van der Waals surface area contributed by atoms with Crippen LogP contribution in [0.1, 0.15) is 31.2 Å². The molecule has 4 aromatic heterocycles. The van der Waals surface area contributed by atoms with Crippen molar-refractivity contribution in [1.29, 1.82) is 0 Å². The fourth-order valence-corrected chi connectivity index (χ4v) is 3.87. The molecule has 0 fully saturated rings. The largest absolute Gasteiger partial charge is 0.490 e. The molecule has 0 atom stereocenters. The smallest absolute Gasteiger partial charge is 0.475 e. The molecular weight excluding hydrogens is 491 g/mol. The number of halogens is 3. The van der Waals surface area contributed by atoms with Crippen LogP contribution < -0.4 is 11.1 Å². The number of carboxylic acids is 1. The number of nitrogens with zero attached hydrogens (tertiary/aromatic N) is 6. The Labute approximate surface area is 208 Å². The lowest BCUT2D eigenvalue weighted by Crippen LogP contribution is -2.21. The van der Waals surface area contributed by atoms with Crippen LogP contribution in [0.5, 0.6) is 0 Å². The number of carbonyl (C=O) groups is 1. The minimum atomic E-state index is -5.08. The second-order valence-corrected chi connectivity index (χ2v) is 8.59. The summed E-state index contributed by atoms with van der Waals surface area (Å²) in [6.07, 6.45) is -1.36. The Balaban J connectivity index is 0.000000405. The maximum Gasteiger partial charge on any atom is 0.490 e. The summed E-state index contributed by atoms with van der Waals surface area (Å²) in [5, 5.41) is 27.8. The summed E-state index contributed by atoms with van der Waals surface area (Å²) in [5.41, 5.74) is 13.0. The Morgan fingerprint density at radius 3 is 2.51 bits per heavy atom. The normalized spacial score (nSPS) is 11.7.